The molecule has 3 aromatic rings. The number of piperidine rings is 1. The first kappa shape index (κ1) is 30.0. The molecule has 0 amide bonds. The number of alkyl halides is 6. The van der Waals surface area contributed by atoms with Crippen molar-refractivity contribution in [2.45, 2.75) is 31.2 Å². The van der Waals surface area contributed by atoms with E-state index in [1.807, 2.05) is 40.1 Å². The van der Waals surface area contributed by atoms with Crippen LogP contribution in [0.3, 0.4) is 0 Å². The van der Waals surface area contributed by atoms with Crippen LogP contribution >= 0.6 is 11.6 Å². The van der Waals surface area contributed by atoms with Gasteiger partial charge in [0.05, 0.1) is 18.8 Å². The van der Waals surface area contributed by atoms with Crippen molar-refractivity contribution in [3.8, 4) is 11.1 Å². The van der Waals surface area contributed by atoms with Gasteiger partial charge in [-0.3, -0.25) is 9.58 Å². The minimum atomic E-state index is -4.89. The number of anilines is 2. The topological polar surface area (TPSA) is 64.8 Å². The third-order valence-corrected chi connectivity index (χ3v) is 7.89. The van der Waals surface area contributed by atoms with Crippen molar-refractivity contribution in [1.29, 1.82) is 0 Å². The van der Waals surface area contributed by atoms with Crippen LogP contribution in [0, 0.1) is 0 Å². The molecular formula is C28H28ClF6N5O2. The largest absolute Gasteiger partial charge is 0.478 e. The molecule has 0 aliphatic carbocycles. The zero-order valence-electron chi connectivity index (χ0n) is 22.3. The third kappa shape index (κ3) is 6.62. The fraction of sp³-hybridized carbons (Fsp3) is 0.429. The fourth-order valence-electron chi connectivity index (χ4n) is 5.73. The second-order valence-corrected chi connectivity index (χ2v) is 10.9. The van der Waals surface area contributed by atoms with Crippen molar-refractivity contribution in [2.24, 2.45) is 0 Å². The number of carboxylic acid groups (broad SMARTS) is 1. The molecule has 1 atom stereocenters. The van der Waals surface area contributed by atoms with Crippen LogP contribution < -0.4 is 9.80 Å². The molecule has 2 aliphatic rings. The number of carboxylic acids is 1. The van der Waals surface area contributed by atoms with Crippen LogP contribution in [0.2, 0.25) is 5.02 Å². The van der Waals surface area contributed by atoms with E-state index >= 15 is 0 Å². The van der Waals surface area contributed by atoms with Gasteiger partial charge in [0, 0.05) is 61.2 Å². The first-order valence-electron chi connectivity index (χ1n) is 13.4. The highest BCUT2D eigenvalue weighted by Gasteiger charge is 2.42. The summed E-state index contributed by atoms with van der Waals surface area (Å²) in [6.07, 6.45) is -7.43. The van der Waals surface area contributed by atoms with Gasteiger partial charge in [-0.2, -0.15) is 31.4 Å². The number of carbonyl (C=O) groups is 1. The highest BCUT2D eigenvalue weighted by molar-refractivity contribution is 6.31. The predicted molar refractivity (Wildman–Crippen MR) is 146 cm³/mol. The molecule has 2 fully saturated rings. The summed E-state index contributed by atoms with van der Waals surface area (Å²) in [5, 5.41) is 13.6. The highest BCUT2D eigenvalue weighted by Crippen LogP contribution is 2.39. The number of hydrogen-bond donors (Lipinski definition) is 1. The average Bonchev–Trinajstić information content (AvgIpc) is 3.40. The maximum absolute atomic E-state index is 13.9. The van der Waals surface area contributed by atoms with Crippen molar-refractivity contribution in [1.82, 2.24) is 14.7 Å². The molecule has 1 N–H and O–H groups in total. The number of rotatable bonds is 6. The van der Waals surface area contributed by atoms with Gasteiger partial charge in [-0.25, -0.2) is 4.79 Å². The molecule has 2 saturated heterocycles. The van der Waals surface area contributed by atoms with E-state index < -0.39 is 42.2 Å². The Balaban J connectivity index is 1.36. The molecule has 226 valence electrons. The van der Waals surface area contributed by atoms with E-state index in [4.69, 9.17) is 11.6 Å². The van der Waals surface area contributed by atoms with Crippen LogP contribution in [0.15, 0.2) is 48.7 Å². The fourth-order valence-corrected chi connectivity index (χ4v) is 5.90. The monoisotopic (exact) mass is 615 g/mol. The molecule has 3 heterocycles. The van der Waals surface area contributed by atoms with Crippen LogP contribution in [0.1, 0.15) is 34.9 Å². The lowest BCUT2D eigenvalue weighted by molar-refractivity contribution is -0.146. The molecule has 0 spiro atoms. The van der Waals surface area contributed by atoms with Crippen LogP contribution in [-0.2, 0) is 6.18 Å². The summed E-state index contributed by atoms with van der Waals surface area (Å²) >= 11 is 6.34. The van der Waals surface area contributed by atoms with Crippen molar-refractivity contribution >= 4 is 28.9 Å². The Morgan fingerprint density at radius 3 is 2.26 bits per heavy atom. The Morgan fingerprint density at radius 2 is 1.64 bits per heavy atom. The normalized spacial score (nSPS) is 18.9. The number of piperazine rings is 1. The zero-order chi connectivity index (χ0) is 30.2. The first-order valence-corrected chi connectivity index (χ1v) is 13.7. The first-order chi connectivity index (χ1) is 19.8. The number of hydrogen-bond acceptors (Lipinski definition) is 5. The van der Waals surface area contributed by atoms with Gasteiger partial charge in [0.15, 0.2) is 5.69 Å². The van der Waals surface area contributed by atoms with Gasteiger partial charge in [-0.05, 0) is 42.7 Å². The van der Waals surface area contributed by atoms with Gasteiger partial charge in [-0.15, -0.1) is 0 Å². The Hall–Kier alpha value is -3.45. The van der Waals surface area contributed by atoms with Crippen molar-refractivity contribution in [3.05, 3.63) is 64.9 Å². The number of benzene rings is 2. The molecule has 5 rings (SSSR count). The number of aromatic nitrogens is 2. The minimum Gasteiger partial charge on any atom is -0.478 e. The second-order valence-electron chi connectivity index (χ2n) is 10.5. The lowest BCUT2D eigenvalue weighted by Crippen LogP contribution is -2.49. The maximum Gasteiger partial charge on any atom is 0.433 e. The Morgan fingerprint density at radius 1 is 0.952 bits per heavy atom. The van der Waals surface area contributed by atoms with Gasteiger partial charge in [0.2, 0.25) is 0 Å². The molecule has 42 heavy (non-hydrogen) atoms. The van der Waals surface area contributed by atoms with Crippen LogP contribution in [0.25, 0.3) is 11.1 Å². The van der Waals surface area contributed by atoms with Gasteiger partial charge < -0.3 is 14.9 Å². The predicted octanol–water partition coefficient (Wildman–Crippen LogP) is 6.45. The van der Waals surface area contributed by atoms with E-state index in [1.165, 1.54) is 4.90 Å². The van der Waals surface area contributed by atoms with Crippen LogP contribution in [0.4, 0.5) is 37.7 Å². The van der Waals surface area contributed by atoms with E-state index in [0.717, 1.165) is 33.4 Å². The van der Waals surface area contributed by atoms with Gasteiger partial charge in [0.25, 0.3) is 0 Å². The smallest absolute Gasteiger partial charge is 0.433 e. The molecule has 7 nitrogen and oxygen atoms in total. The number of nitrogens with zero attached hydrogens (tertiary/aromatic N) is 5. The summed E-state index contributed by atoms with van der Waals surface area (Å²) in [6.45, 7) is 1.34. The van der Waals surface area contributed by atoms with Crippen molar-refractivity contribution < 1.29 is 36.2 Å². The van der Waals surface area contributed by atoms with Gasteiger partial charge in [-0.1, -0.05) is 29.8 Å². The van der Waals surface area contributed by atoms with E-state index in [2.05, 4.69) is 5.10 Å². The minimum absolute atomic E-state index is 0.164. The zero-order valence-corrected chi connectivity index (χ0v) is 23.1. The summed E-state index contributed by atoms with van der Waals surface area (Å²) < 4.78 is 80.5. The summed E-state index contributed by atoms with van der Waals surface area (Å²) in [5.41, 5.74) is 1.09. The molecule has 2 aromatic carbocycles. The number of halogens is 7. The Labute approximate surface area is 242 Å². The molecule has 2 aliphatic heterocycles. The molecule has 1 aromatic heterocycles. The number of aromatic carboxylic acids is 1. The lowest BCUT2D eigenvalue weighted by atomic mass is 9.99. The summed E-state index contributed by atoms with van der Waals surface area (Å²) in [6, 6.07) is 12.2. The third-order valence-electron chi connectivity index (χ3n) is 7.66. The Kier molecular flexibility index (Phi) is 8.35. The standard InChI is InChI=1S/C28H28ClF6N5O2/c29-19-5-8-22(18-3-6-20(7-4-18)38-12-10-37(11-13-38)17-27(30,31)32)24(14-19)39-9-1-2-21(16-39)40-25(28(33,34)35)23(15-36-40)26(41)42/h3-8,14-15,21H,1-2,9-13,16-17H2,(H,41,42). The SMILES string of the molecule is O=C(O)c1cnn(C2CCCN(c3cc(Cl)ccc3-c3ccc(N4CCN(CC(F)(F)F)CC4)cc3)C2)c1C(F)(F)F. The van der Waals surface area contributed by atoms with Crippen LogP contribution in [0.5, 0.6) is 0 Å². The second kappa shape index (κ2) is 11.7. The molecule has 1 unspecified atom stereocenters. The van der Waals surface area contributed by atoms with Gasteiger partial charge in [0.1, 0.15) is 5.56 Å². The molecule has 14 heteroatoms. The maximum atomic E-state index is 13.9. The van der Waals surface area contributed by atoms with Gasteiger partial charge >= 0.3 is 18.3 Å². The highest BCUT2D eigenvalue weighted by atomic mass is 35.5. The Bertz CT molecular complexity index is 1420. The summed E-state index contributed by atoms with van der Waals surface area (Å²) in [7, 11) is 0. The molecule has 0 saturated carbocycles. The summed E-state index contributed by atoms with van der Waals surface area (Å²) in [4.78, 5) is 16.8. The van der Waals surface area contributed by atoms with Crippen molar-refractivity contribution in [3.63, 3.8) is 0 Å². The molecule has 0 bridgehead atoms. The quantitative estimate of drug-likeness (QED) is 0.322. The van der Waals surface area contributed by atoms with Crippen molar-refractivity contribution in [2.75, 3.05) is 55.6 Å². The van der Waals surface area contributed by atoms with E-state index in [0.29, 0.717) is 50.6 Å². The summed E-state index contributed by atoms with van der Waals surface area (Å²) in [5.74, 6) is -1.69. The lowest BCUT2D eigenvalue weighted by Gasteiger charge is -2.37. The van der Waals surface area contributed by atoms with E-state index in [-0.39, 0.29) is 6.54 Å². The average molecular weight is 616 g/mol. The molecule has 0 radical (unpaired) electrons. The van der Waals surface area contributed by atoms with Crippen LogP contribution in [-0.4, -0.2) is 77.7 Å². The molecular weight excluding hydrogens is 588 g/mol. The van der Waals surface area contributed by atoms with E-state index in [1.54, 1.807) is 12.1 Å². The van der Waals surface area contributed by atoms with E-state index in [9.17, 15) is 36.2 Å².